The van der Waals surface area contributed by atoms with Gasteiger partial charge in [-0.05, 0) is 18.6 Å². The molecule has 1 aliphatic heterocycles. The lowest BCUT2D eigenvalue weighted by atomic mass is 9.84. The molecule has 0 spiro atoms. The van der Waals surface area contributed by atoms with Gasteiger partial charge in [0.25, 0.3) is 0 Å². The summed E-state index contributed by atoms with van der Waals surface area (Å²) in [6.07, 6.45) is 1.49. The van der Waals surface area contributed by atoms with E-state index in [1.165, 1.54) is 0 Å². The van der Waals surface area contributed by atoms with Gasteiger partial charge in [-0.2, -0.15) is 0 Å². The van der Waals surface area contributed by atoms with Crippen molar-refractivity contribution >= 4 is 11.8 Å². The molecule has 3 aromatic rings. The van der Waals surface area contributed by atoms with Crippen molar-refractivity contribution in [1.82, 2.24) is 0 Å². The van der Waals surface area contributed by atoms with Crippen LogP contribution in [0.5, 0.6) is 0 Å². The fourth-order valence-electron chi connectivity index (χ4n) is 4.08. The van der Waals surface area contributed by atoms with Crippen LogP contribution >= 0.6 is 0 Å². The van der Waals surface area contributed by atoms with Crippen molar-refractivity contribution in [1.29, 1.82) is 0 Å². The standard InChI is InChI=1S/C26H25NO3/c1-19-11-13-20(14-12-19)24(28)22-9-5-6-10-23(22)25(29)30-26(15-17-27-18-16-26)21-7-3-2-4-8-21/h2-14,27H,15-18H2,1H3/p+1. The summed E-state index contributed by atoms with van der Waals surface area (Å²) >= 11 is 0. The number of aryl methyl sites for hydroxylation is 1. The fourth-order valence-corrected chi connectivity index (χ4v) is 4.08. The molecule has 0 aliphatic carbocycles. The van der Waals surface area contributed by atoms with Crippen LogP contribution in [-0.2, 0) is 10.3 Å². The van der Waals surface area contributed by atoms with Gasteiger partial charge in [0.15, 0.2) is 5.78 Å². The van der Waals surface area contributed by atoms with Crippen LogP contribution in [0.25, 0.3) is 0 Å². The van der Waals surface area contributed by atoms with Crippen LogP contribution in [0.4, 0.5) is 0 Å². The molecule has 4 heteroatoms. The summed E-state index contributed by atoms with van der Waals surface area (Å²) in [5.41, 5.74) is 2.68. The van der Waals surface area contributed by atoms with Crippen molar-refractivity contribution in [3.8, 4) is 0 Å². The quantitative estimate of drug-likeness (QED) is 0.526. The third-order valence-electron chi connectivity index (χ3n) is 5.80. The van der Waals surface area contributed by atoms with Gasteiger partial charge >= 0.3 is 5.97 Å². The molecular weight excluding hydrogens is 374 g/mol. The Labute approximate surface area is 176 Å². The maximum absolute atomic E-state index is 13.3. The van der Waals surface area contributed by atoms with E-state index in [9.17, 15) is 9.59 Å². The van der Waals surface area contributed by atoms with Crippen molar-refractivity contribution < 1.29 is 19.6 Å². The molecule has 152 valence electrons. The molecule has 3 aromatic carbocycles. The second kappa shape index (κ2) is 8.64. The fraction of sp³-hybridized carbons (Fsp3) is 0.231. The third-order valence-corrected chi connectivity index (χ3v) is 5.80. The van der Waals surface area contributed by atoms with E-state index in [-0.39, 0.29) is 5.78 Å². The van der Waals surface area contributed by atoms with E-state index in [1.54, 1.807) is 36.4 Å². The minimum Gasteiger partial charge on any atom is -0.450 e. The number of hydrogen-bond acceptors (Lipinski definition) is 3. The molecular formula is C26H26NO3+. The Hall–Kier alpha value is -3.24. The molecule has 0 saturated carbocycles. The summed E-state index contributed by atoms with van der Waals surface area (Å²) in [5, 5.41) is 2.24. The second-order valence-corrected chi connectivity index (χ2v) is 7.86. The van der Waals surface area contributed by atoms with Gasteiger partial charge in [-0.1, -0.05) is 78.4 Å². The summed E-state index contributed by atoms with van der Waals surface area (Å²) < 4.78 is 6.19. The highest BCUT2D eigenvalue weighted by molar-refractivity contribution is 6.14. The van der Waals surface area contributed by atoms with E-state index in [1.807, 2.05) is 49.4 Å². The average Bonchev–Trinajstić information content (AvgIpc) is 2.80. The van der Waals surface area contributed by atoms with Gasteiger partial charge in [-0.15, -0.1) is 0 Å². The van der Waals surface area contributed by atoms with Crippen LogP contribution in [0.1, 0.15) is 50.2 Å². The van der Waals surface area contributed by atoms with Crippen LogP contribution in [0.15, 0.2) is 78.9 Å². The lowest BCUT2D eigenvalue weighted by Gasteiger charge is -2.36. The summed E-state index contributed by atoms with van der Waals surface area (Å²) in [5.74, 6) is -0.620. The van der Waals surface area contributed by atoms with Crippen LogP contribution in [0.2, 0.25) is 0 Å². The molecule has 30 heavy (non-hydrogen) atoms. The smallest absolute Gasteiger partial charge is 0.339 e. The first-order valence-electron chi connectivity index (χ1n) is 10.4. The third kappa shape index (κ3) is 4.05. The SMILES string of the molecule is Cc1ccc(C(=O)c2ccccc2C(=O)OC2(c3ccccc3)CC[NH2+]CC2)cc1. The number of ether oxygens (including phenoxy) is 1. The molecule has 0 atom stereocenters. The number of piperidine rings is 1. The Morgan fingerprint density at radius 3 is 2.07 bits per heavy atom. The summed E-state index contributed by atoms with van der Waals surface area (Å²) in [4.78, 5) is 26.4. The van der Waals surface area contributed by atoms with Crippen molar-refractivity contribution in [2.45, 2.75) is 25.4 Å². The maximum atomic E-state index is 13.3. The molecule has 1 heterocycles. The predicted molar refractivity (Wildman–Crippen MR) is 115 cm³/mol. The number of esters is 1. The van der Waals surface area contributed by atoms with Gasteiger partial charge in [0.2, 0.25) is 0 Å². The molecule has 0 unspecified atom stereocenters. The van der Waals surface area contributed by atoms with Crippen LogP contribution in [0.3, 0.4) is 0 Å². The number of carbonyl (C=O) groups excluding carboxylic acids is 2. The van der Waals surface area contributed by atoms with E-state index in [0.717, 1.165) is 37.1 Å². The molecule has 0 amide bonds. The number of quaternary nitrogens is 1. The lowest BCUT2D eigenvalue weighted by Crippen LogP contribution is -2.87. The van der Waals surface area contributed by atoms with Crippen LogP contribution < -0.4 is 5.32 Å². The van der Waals surface area contributed by atoms with E-state index >= 15 is 0 Å². The number of benzene rings is 3. The normalized spacial score (nSPS) is 15.4. The van der Waals surface area contributed by atoms with Crippen molar-refractivity contribution in [2.24, 2.45) is 0 Å². The van der Waals surface area contributed by atoms with Gasteiger partial charge in [-0.25, -0.2) is 4.79 Å². The van der Waals surface area contributed by atoms with E-state index < -0.39 is 11.6 Å². The molecule has 0 bridgehead atoms. The van der Waals surface area contributed by atoms with E-state index in [0.29, 0.717) is 16.7 Å². The van der Waals surface area contributed by atoms with Gasteiger partial charge < -0.3 is 10.1 Å². The molecule has 0 aromatic heterocycles. The number of rotatable bonds is 5. The molecule has 1 aliphatic rings. The largest absolute Gasteiger partial charge is 0.450 e. The molecule has 1 saturated heterocycles. The summed E-state index contributed by atoms with van der Waals surface area (Å²) in [6, 6.07) is 24.2. The van der Waals surface area contributed by atoms with Crippen LogP contribution in [0, 0.1) is 6.92 Å². The van der Waals surface area contributed by atoms with E-state index in [2.05, 4.69) is 5.32 Å². The Morgan fingerprint density at radius 2 is 1.40 bits per heavy atom. The molecule has 4 rings (SSSR count). The highest BCUT2D eigenvalue weighted by Crippen LogP contribution is 2.35. The number of ketones is 1. The summed E-state index contributed by atoms with van der Waals surface area (Å²) in [7, 11) is 0. The highest BCUT2D eigenvalue weighted by Gasteiger charge is 2.40. The maximum Gasteiger partial charge on any atom is 0.339 e. The Kier molecular flexibility index (Phi) is 5.77. The van der Waals surface area contributed by atoms with Gasteiger partial charge in [-0.3, -0.25) is 4.79 Å². The van der Waals surface area contributed by atoms with Gasteiger partial charge in [0.05, 0.1) is 18.7 Å². The van der Waals surface area contributed by atoms with Crippen molar-refractivity contribution in [3.05, 3.63) is 107 Å². The topological polar surface area (TPSA) is 60.0 Å². The monoisotopic (exact) mass is 400 g/mol. The number of hydrogen-bond donors (Lipinski definition) is 1. The van der Waals surface area contributed by atoms with Gasteiger partial charge in [0, 0.05) is 24.0 Å². The lowest BCUT2D eigenvalue weighted by molar-refractivity contribution is -0.668. The van der Waals surface area contributed by atoms with E-state index in [4.69, 9.17) is 4.74 Å². The van der Waals surface area contributed by atoms with Crippen molar-refractivity contribution in [3.63, 3.8) is 0 Å². The van der Waals surface area contributed by atoms with Gasteiger partial charge in [0.1, 0.15) is 5.60 Å². The minimum atomic E-state index is -0.660. The predicted octanol–water partition coefficient (Wildman–Crippen LogP) is 3.64. The first kappa shape index (κ1) is 20.0. The Morgan fingerprint density at radius 1 is 0.800 bits per heavy atom. The van der Waals surface area contributed by atoms with Crippen molar-refractivity contribution in [2.75, 3.05) is 13.1 Å². The Bertz CT molecular complexity index is 1040. The molecule has 2 N–H and O–H groups in total. The minimum absolute atomic E-state index is 0.173. The first-order chi connectivity index (χ1) is 14.6. The number of carbonyl (C=O) groups is 2. The number of nitrogens with two attached hydrogens (primary N) is 1. The average molecular weight is 400 g/mol. The molecule has 1 fully saturated rings. The molecule has 4 nitrogen and oxygen atoms in total. The zero-order chi connectivity index (χ0) is 21.0. The molecule has 0 radical (unpaired) electrons. The highest BCUT2D eigenvalue weighted by atomic mass is 16.6. The zero-order valence-corrected chi connectivity index (χ0v) is 17.1. The first-order valence-corrected chi connectivity index (χ1v) is 10.4. The zero-order valence-electron chi connectivity index (χ0n) is 17.1. The summed E-state index contributed by atoms with van der Waals surface area (Å²) in [6.45, 7) is 3.77. The van der Waals surface area contributed by atoms with Crippen LogP contribution in [-0.4, -0.2) is 24.8 Å². The Balaban J connectivity index is 1.66. The second-order valence-electron chi connectivity index (χ2n) is 7.86.